The van der Waals surface area contributed by atoms with E-state index in [-0.39, 0.29) is 11.5 Å². The van der Waals surface area contributed by atoms with Gasteiger partial charge in [0.1, 0.15) is 5.69 Å². The molecule has 0 aromatic carbocycles. The topological polar surface area (TPSA) is 78.1 Å². The van der Waals surface area contributed by atoms with Gasteiger partial charge in [0, 0.05) is 44.3 Å². The molecule has 1 saturated heterocycles. The Morgan fingerprint density at radius 1 is 1.24 bits per heavy atom. The zero-order chi connectivity index (χ0) is 18.1. The van der Waals surface area contributed by atoms with Gasteiger partial charge in [-0.25, -0.2) is 0 Å². The van der Waals surface area contributed by atoms with Crippen molar-refractivity contribution in [3.63, 3.8) is 0 Å². The van der Waals surface area contributed by atoms with Crippen LogP contribution in [0.1, 0.15) is 19.3 Å². The molecule has 0 spiro atoms. The lowest BCUT2D eigenvalue weighted by Crippen LogP contribution is -2.34. The van der Waals surface area contributed by atoms with E-state index in [0.717, 1.165) is 37.1 Å². The number of H-pyrrole nitrogens is 1. The molecule has 2 aromatic rings. The van der Waals surface area contributed by atoms with Crippen molar-refractivity contribution in [3.8, 4) is 11.1 Å². The summed E-state index contributed by atoms with van der Waals surface area (Å²) in [7, 11) is 1.72. The van der Waals surface area contributed by atoms with Crippen molar-refractivity contribution >= 4 is 11.6 Å². The van der Waals surface area contributed by atoms with Gasteiger partial charge in [-0.15, -0.1) is 0 Å². The summed E-state index contributed by atoms with van der Waals surface area (Å²) < 4.78 is 0. The molecule has 0 saturated carbocycles. The first kappa shape index (κ1) is 18.4. The van der Waals surface area contributed by atoms with Crippen LogP contribution in [0.3, 0.4) is 0 Å². The fraction of sp³-hybridized carbons (Fsp3) is 0.316. The molecule has 3 rings (SSSR count). The molecule has 1 fully saturated rings. The second kappa shape index (κ2) is 9.42. The van der Waals surface area contributed by atoms with Gasteiger partial charge in [0.2, 0.25) is 5.91 Å². The van der Waals surface area contributed by atoms with Gasteiger partial charge in [-0.1, -0.05) is 6.58 Å². The second-order valence-corrected chi connectivity index (χ2v) is 5.71. The Bertz CT molecular complexity index is 750. The Balaban J connectivity index is 0.000000196. The molecule has 1 aliphatic heterocycles. The SMILES string of the molecule is C=CC(=O)N1CCCCC1.CNc1cc(-c2ccncc2)c[nH]c1=O. The fourth-order valence-corrected chi connectivity index (χ4v) is 2.62. The average molecular weight is 340 g/mol. The van der Waals surface area contributed by atoms with E-state index in [4.69, 9.17) is 0 Å². The highest BCUT2D eigenvalue weighted by atomic mass is 16.2. The van der Waals surface area contributed by atoms with Crippen LogP contribution >= 0.6 is 0 Å². The highest BCUT2D eigenvalue weighted by Crippen LogP contribution is 2.18. The van der Waals surface area contributed by atoms with Crippen molar-refractivity contribution in [1.29, 1.82) is 0 Å². The summed E-state index contributed by atoms with van der Waals surface area (Å²) in [6.45, 7) is 5.29. The van der Waals surface area contributed by atoms with E-state index in [0.29, 0.717) is 5.69 Å². The Hall–Kier alpha value is -2.89. The van der Waals surface area contributed by atoms with Crippen molar-refractivity contribution in [1.82, 2.24) is 14.9 Å². The first-order valence-corrected chi connectivity index (χ1v) is 8.38. The van der Waals surface area contributed by atoms with Crippen LogP contribution in [0.4, 0.5) is 5.69 Å². The van der Waals surface area contributed by atoms with Gasteiger partial charge in [0.05, 0.1) is 0 Å². The molecule has 0 radical (unpaired) electrons. The minimum atomic E-state index is -0.115. The van der Waals surface area contributed by atoms with Gasteiger partial charge in [0.15, 0.2) is 0 Å². The zero-order valence-corrected chi connectivity index (χ0v) is 14.5. The molecule has 6 nitrogen and oxygen atoms in total. The van der Waals surface area contributed by atoms with Crippen molar-refractivity contribution in [3.05, 3.63) is 59.8 Å². The van der Waals surface area contributed by atoms with Crippen LogP contribution < -0.4 is 10.9 Å². The van der Waals surface area contributed by atoms with Crippen LogP contribution in [0.5, 0.6) is 0 Å². The molecular weight excluding hydrogens is 316 g/mol. The number of anilines is 1. The minimum Gasteiger partial charge on any atom is -0.384 e. The van der Waals surface area contributed by atoms with E-state index in [1.54, 1.807) is 25.6 Å². The lowest BCUT2D eigenvalue weighted by Gasteiger charge is -2.25. The van der Waals surface area contributed by atoms with Crippen LogP contribution in [0.15, 0.2) is 54.2 Å². The summed E-state index contributed by atoms with van der Waals surface area (Å²) in [5, 5.41) is 2.85. The Labute approximate surface area is 147 Å². The molecule has 0 atom stereocenters. The number of hydrogen-bond acceptors (Lipinski definition) is 4. The van der Waals surface area contributed by atoms with Gasteiger partial charge in [-0.3, -0.25) is 14.6 Å². The van der Waals surface area contributed by atoms with Crippen molar-refractivity contribution in [2.75, 3.05) is 25.5 Å². The molecule has 6 heteroatoms. The van der Waals surface area contributed by atoms with Crippen molar-refractivity contribution in [2.45, 2.75) is 19.3 Å². The number of likely N-dealkylation sites (tertiary alicyclic amines) is 1. The third-order valence-electron chi connectivity index (χ3n) is 4.03. The molecule has 2 aromatic heterocycles. The largest absolute Gasteiger partial charge is 0.384 e. The van der Waals surface area contributed by atoms with E-state index >= 15 is 0 Å². The fourth-order valence-electron chi connectivity index (χ4n) is 2.62. The normalized spacial score (nSPS) is 13.4. The summed E-state index contributed by atoms with van der Waals surface area (Å²) in [5.41, 5.74) is 2.43. The molecule has 0 bridgehead atoms. The van der Waals surface area contributed by atoms with E-state index in [2.05, 4.69) is 21.9 Å². The third-order valence-corrected chi connectivity index (χ3v) is 4.03. The lowest BCUT2D eigenvalue weighted by molar-refractivity contribution is -0.126. The molecule has 0 unspecified atom stereocenters. The molecule has 0 aliphatic carbocycles. The van der Waals surface area contributed by atoms with Gasteiger partial charge in [-0.05, 0) is 49.1 Å². The van der Waals surface area contributed by atoms with Gasteiger partial charge in [0.25, 0.3) is 5.56 Å². The number of carbonyl (C=O) groups is 1. The van der Waals surface area contributed by atoms with E-state index < -0.39 is 0 Å². The maximum Gasteiger partial charge on any atom is 0.271 e. The van der Waals surface area contributed by atoms with Gasteiger partial charge >= 0.3 is 0 Å². The van der Waals surface area contributed by atoms with Crippen molar-refractivity contribution < 1.29 is 4.79 Å². The highest BCUT2D eigenvalue weighted by molar-refractivity contribution is 5.87. The number of pyridine rings is 2. The number of carbonyl (C=O) groups excluding carboxylic acids is 1. The third kappa shape index (κ3) is 5.31. The molecule has 1 aliphatic rings. The second-order valence-electron chi connectivity index (χ2n) is 5.71. The van der Waals surface area contributed by atoms with Crippen LogP contribution in [0.25, 0.3) is 11.1 Å². The number of piperidine rings is 1. The summed E-state index contributed by atoms with van der Waals surface area (Å²) in [6, 6.07) is 5.61. The number of nitrogens with one attached hydrogen (secondary N) is 2. The van der Waals surface area contributed by atoms with Crippen LogP contribution in [0.2, 0.25) is 0 Å². The number of nitrogens with zero attached hydrogens (tertiary/aromatic N) is 2. The standard InChI is InChI=1S/C11H11N3O.C8H13NO/c1-12-10-6-9(7-14-11(10)15)8-2-4-13-5-3-8;1-2-8(10)9-6-4-3-5-7-9/h2-7,12H,1H3,(H,14,15);2H,1,3-7H2. The Morgan fingerprint density at radius 3 is 2.52 bits per heavy atom. The summed E-state index contributed by atoms with van der Waals surface area (Å²) in [6.07, 6.45) is 10.1. The predicted octanol–water partition coefficient (Wildman–Crippen LogP) is 2.66. The minimum absolute atomic E-state index is 0.0831. The van der Waals surface area contributed by atoms with Crippen molar-refractivity contribution in [2.24, 2.45) is 0 Å². The van der Waals surface area contributed by atoms with Gasteiger partial charge < -0.3 is 15.2 Å². The highest BCUT2D eigenvalue weighted by Gasteiger charge is 2.12. The molecular formula is C19H24N4O2. The van der Waals surface area contributed by atoms with Crippen LogP contribution in [-0.4, -0.2) is 40.9 Å². The van der Waals surface area contributed by atoms with E-state index in [1.807, 2.05) is 23.1 Å². The Kier molecular flexibility index (Phi) is 6.95. The van der Waals surface area contributed by atoms with Crippen LogP contribution in [-0.2, 0) is 4.79 Å². The van der Waals surface area contributed by atoms with E-state index in [1.165, 1.54) is 12.5 Å². The molecule has 132 valence electrons. The van der Waals surface area contributed by atoms with Crippen LogP contribution in [0, 0.1) is 0 Å². The molecule has 25 heavy (non-hydrogen) atoms. The number of aromatic amines is 1. The maximum absolute atomic E-state index is 11.3. The molecule has 3 heterocycles. The molecule has 2 N–H and O–H groups in total. The Morgan fingerprint density at radius 2 is 1.92 bits per heavy atom. The summed E-state index contributed by atoms with van der Waals surface area (Å²) >= 11 is 0. The van der Waals surface area contributed by atoms with E-state index in [9.17, 15) is 9.59 Å². The monoisotopic (exact) mass is 340 g/mol. The van der Waals surface area contributed by atoms with Gasteiger partial charge in [-0.2, -0.15) is 0 Å². The number of hydrogen-bond donors (Lipinski definition) is 2. The number of amides is 1. The number of rotatable bonds is 3. The first-order chi connectivity index (χ1) is 12.2. The maximum atomic E-state index is 11.3. The number of aromatic nitrogens is 2. The smallest absolute Gasteiger partial charge is 0.271 e. The first-order valence-electron chi connectivity index (χ1n) is 8.38. The molecule has 1 amide bonds. The average Bonchev–Trinajstić information content (AvgIpc) is 2.69. The predicted molar refractivity (Wildman–Crippen MR) is 100 cm³/mol. The zero-order valence-electron chi connectivity index (χ0n) is 14.5. The quantitative estimate of drug-likeness (QED) is 0.842. The summed E-state index contributed by atoms with van der Waals surface area (Å²) in [5.74, 6) is 0.0831. The summed E-state index contributed by atoms with van der Waals surface area (Å²) in [4.78, 5) is 30.8. The lowest BCUT2D eigenvalue weighted by atomic mass is 10.1.